The van der Waals surface area contributed by atoms with Gasteiger partial charge in [-0.1, -0.05) is 54.0 Å². The van der Waals surface area contributed by atoms with Gasteiger partial charge in [0.15, 0.2) is 34.5 Å². The predicted octanol–water partition coefficient (Wildman–Crippen LogP) is 16.2. The van der Waals surface area contributed by atoms with Crippen molar-refractivity contribution in [1.82, 2.24) is 74.8 Å². The summed E-state index contributed by atoms with van der Waals surface area (Å²) in [6, 6.07) is 9.73. The van der Waals surface area contributed by atoms with E-state index in [1.807, 2.05) is 25.1 Å². The fourth-order valence-electron chi connectivity index (χ4n) is 18.9. The zero-order chi connectivity index (χ0) is 97.7. The summed E-state index contributed by atoms with van der Waals surface area (Å²) in [5.74, 6) is -1.46. The molecule has 1 unspecified atom stereocenters. The summed E-state index contributed by atoms with van der Waals surface area (Å²) in [4.78, 5) is 129. The van der Waals surface area contributed by atoms with Crippen LogP contribution in [-0.2, 0) is 76.3 Å². The Morgan fingerprint density at radius 3 is 1.23 bits per heavy atom. The highest BCUT2D eigenvalue weighted by molar-refractivity contribution is 5.74. The average Bonchev–Trinajstić information content (AvgIpc) is 1.70. The molecule has 1 aliphatic heterocycles. The summed E-state index contributed by atoms with van der Waals surface area (Å²) in [6.07, 6.45) is 26.9. The summed E-state index contributed by atoms with van der Waals surface area (Å²) < 4.78 is 69.8. The number of aromatic nitrogens is 11. The van der Waals surface area contributed by atoms with Crippen LogP contribution in [0.5, 0.6) is 23.1 Å². The quantitative estimate of drug-likeness (QED) is 0.0331. The lowest BCUT2D eigenvalue weighted by Crippen LogP contribution is -2.37. The van der Waals surface area contributed by atoms with Gasteiger partial charge in [-0.05, 0) is 213 Å². The van der Waals surface area contributed by atoms with Gasteiger partial charge in [0.2, 0.25) is 11.6 Å². The minimum Gasteiger partial charge on any atom is -0.489 e. The van der Waals surface area contributed by atoms with E-state index in [4.69, 9.17) is 61.2 Å². The van der Waals surface area contributed by atoms with Gasteiger partial charge in [0.25, 0.3) is 0 Å². The van der Waals surface area contributed by atoms with Crippen LogP contribution >= 0.6 is 0 Å². The Bertz CT molecular complexity index is 5160. The molecule has 40 heteroatoms. The van der Waals surface area contributed by atoms with Gasteiger partial charge in [-0.15, -0.1) is 0 Å². The summed E-state index contributed by atoms with van der Waals surface area (Å²) in [5, 5.41) is 63.3. The molecule has 0 bridgehead atoms. The van der Waals surface area contributed by atoms with Gasteiger partial charge in [-0.3, -0.25) is 23.9 Å². The molecule has 137 heavy (non-hydrogen) atoms. The fraction of sp³-hybridized carbons (Fsp3) is 0.598. The first-order valence-electron chi connectivity index (χ1n) is 47.5. The molecule has 7 aliphatic carbocycles. The number of amides is 4. The Labute approximate surface area is 794 Å². The number of aryl methyl sites for hydroxylation is 7. The monoisotopic (exact) mass is 1900 g/mol. The Morgan fingerprint density at radius 1 is 0.409 bits per heavy atom. The molecule has 9 atom stereocenters. The minimum absolute atomic E-state index is 0.0138. The standard InChI is InChI=1S/C25H30N4O6.3C24H32N4O6/c1-15-19(14-33-25(32)29(2)17-7-3-4-8-17)23(35-28-15)20-10-11-22(21(13-26)27-20)34-18-9-5-6-16(12-18)24(30)31;1-14-19(13-32-24(31)28(3)17-8-4-5-9-17)21(34-27-14)20-12-25-22(15(2)26-20)33-18-10-6-7-16(11-18)23(29)30;1-14-19(13-32-24(31)28(3)17-8-4-5-9-17)21(34-27-14)22-25-12-20(15(2)26-22)33-18-10-6-7-16(11-18)23(29)30;1-15-22(34-18-6-4-5-16(11-18)23(29)30)8-7-20(26-15)19-12-25-28(3)21(19)14-33-24(31)27(2)17-9-10-32-13-17/h10-11,16-18H,3-9,12,14H2,1-2H3,(H,30,31);2*12,16-18H,4-11,13H2,1-3H3,(H,29,30);7-8,12,16-18H,4-6,9-11,13-14H2,1-3H3,(H,29,30)/t3*16-,18-;16-,17?,18-/m0000/s1. The van der Waals surface area contributed by atoms with E-state index < -0.39 is 42.0 Å². The van der Waals surface area contributed by atoms with E-state index in [-0.39, 0.29) is 111 Å². The van der Waals surface area contributed by atoms with Crippen molar-refractivity contribution in [1.29, 1.82) is 5.26 Å². The summed E-state index contributed by atoms with van der Waals surface area (Å²) in [6.45, 7) is 12.0. The van der Waals surface area contributed by atoms with Crippen molar-refractivity contribution >= 4 is 48.3 Å². The Kier molecular flexibility index (Phi) is 35.2. The molecular formula is C97H126N16O24. The van der Waals surface area contributed by atoms with Crippen LogP contribution in [0, 0.1) is 76.5 Å². The van der Waals surface area contributed by atoms with Gasteiger partial charge in [0, 0.05) is 65.5 Å². The van der Waals surface area contributed by atoms with Crippen molar-refractivity contribution in [3.63, 3.8) is 0 Å². The third-order valence-electron chi connectivity index (χ3n) is 27.4. The highest BCUT2D eigenvalue weighted by Gasteiger charge is 2.37. The van der Waals surface area contributed by atoms with Crippen LogP contribution in [0.15, 0.2) is 56.4 Å². The van der Waals surface area contributed by atoms with Gasteiger partial charge in [-0.25, -0.2) is 49.1 Å². The number of carbonyl (C=O) groups excluding carboxylic acids is 4. The Balaban J connectivity index is 0.000000154. The lowest BCUT2D eigenvalue weighted by atomic mass is 9.87. The van der Waals surface area contributed by atoms with Crippen LogP contribution in [0.4, 0.5) is 19.2 Å². The summed E-state index contributed by atoms with van der Waals surface area (Å²) in [5.41, 5.74) is 8.65. The molecule has 738 valence electrons. The molecule has 16 rings (SSSR count). The van der Waals surface area contributed by atoms with Crippen molar-refractivity contribution in [2.75, 3.05) is 41.4 Å². The van der Waals surface area contributed by atoms with Crippen molar-refractivity contribution < 1.29 is 115 Å². The molecule has 4 amide bonds. The number of carboxylic acids is 4. The molecule has 8 fully saturated rings. The number of carbonyl (C=O) groups is 8. The van der Waals surface area contributed by atoms with Crippen LogP contribution in [0.25, 0.3) is 45.8 Å². The molecule has 9 heterocycles. The topological polar surface area (TPSA) is 511 Å². The number of nitriles is 1. The molecule has 8 aromatic heterocycles. The molecule has 7 saturated carbocycles. The number of carboxylic acid groups (broad SMARTS) is 4. The molecule has 0 aromatic carbocycles. The summed E-state index contributed by atoms with van der Waals surface area (Å²) >= 11 is 0. The predicted molar refractivity (Wildman–Crippen MR) is 488 cm³/mol. The lowest BCUT2D eigenvalue weighted by molar-refractivity contribution is -0.144. The number of aliphatic carboxylic acids is 4. The molecule has 0 spiro atoms. The number of hydrogen-bond acceptors (Lipinski definition) is 31. The van der Waals surface area contributed by atoms with E-state index in [1.165, 1.54) is 6.20 Å². The van der Waals surface area contributed by atoms with Crippen LogP contribution in [-0.4, -0.2) is 233 Å². The van der Waals surface area contributed by atoms with Crippen molar-refractivity contribution in [2.45, 2.75) is 303 Å². The first-order chi connectivity index (χ1) is 65.9. The largest absolute Gasteiger partial charge is 0.489 e. The maximum Gasteiger partial charge on any atom is 0.410 e. The number of rotatable bonds is 28. The number of nitrogens with zero attached hydrogens (tertiary/aromatic N) is 16. The maximum absolute atomic E-state index is 12.5. The highest BCUT2D eigenvalue weighted by atomic mass is 16.6. The zero-order valence-corrected chi connectivity index (χ0v) is 79.8. The van der Waals surface area contributed by atoms with E-state index in [0.29, 0.717) is 179 Å². The molecule has 8 aliphatic rings. The van der Waals surface area contributed by atoms with Crippen molar-refractivity contribution in [3.05, 3.63) is 105 Å². The van der Waals surface area contributed by atoms with Crippen molar-refractivity contribution in [2.24, 2.45) is 30.7 Å². The number of hydrogen-bond donors (Lipinski definition) is 4. The number of ether oxygens (including phenoxy) is 9. The van der Waals surface area contributed by atoms with E-state index in [1.54, 1.807) is 119 Å². The molecular weight excluding hydrogens is 1770 g/mol. The lowest BCUT2D eigenvalue weighted by Gasteiger charge is -2.27. The first-order valence-corrected chi connectivity index (χ1v) is 47.5. The first kappa shape index (κ1) is 101. The number of likely N-dealkylation sites (N-methyl/N-ethyl adjacent to an activating group) is 1. The molecule has 1 saturated heterocycles. The summed E-state index contributed by atoms with van der Waals surface area (Å²) in [7, 11) is 8.83. The third kappa shape index (κ3) is 26.4. The molecule has 0 radical (unpaired) electrons. The van der Waals surface area contributed by atoms with Crippen LogP contribution in [0.2, 0.25) is 0 Å². The van der Waals surface area contributed by atoms with E-state index >= 15 is 0 Å². The van der Waals surface area contributed by atoms with Gasteiger partial charge in [0.1, 0.15) is 61.4 Å². The van der Waals surface area contributed by atoms with E-state index in [0.717, 1.165) is 146 Å². The van der Waals surface area contributed by atoms with Gasteiger partial charge < -0.3 is 96.2 Å². The van der Waals surface area contributed by atoms with E-state index in [9.17, 15) is 64.0 Å². The van der Waals surface area contributed by atoms with Gasteiger partial charge >= 0.3 is 48.3 Å². The van der Waals surface area contributed by atoms with Crippen molar-refractivity contribution in [3.8, 4) is 74.9 Å². The second-order valence-electron chi connectivity index (χ2n) is 36.8. The number of pyridine rings is 2. The van der Waals surface area contributed by atoms with Crippen LogP contribution in [0.1, 0.15) is 248 Å². The normalized spacial score (nSPS) is 21.1. The molecule has 40 nitrogen and oxygen atoms in total. The Hall–Kier alpha value is -13.1. The zero-order valence-electron chi connectivity index (χ0n) is 79.8. The highest BCUT2D eigenvalue weighted by Crippen LogP contribution is 2.39. The molecule has 8 aromatic rings. The van der Waals surface area contributed by atoms with Crippen LogP contribution in [0.3, 0.4) is 0 Å². The minimum atomic E-state index is -0.823. The molecule has 4 N–H and O–H groups in total. The van der Waals surface area contributed by atoms with E-state index in [2.05, 4.69) is 45.5 Å². The Morgan fingerprint density at radius 2 is 0.803 bits per heavy atom. The smallest absolute Gasteiger partial charge is 0.410 e. The SMILES string of the molecule is Cc1nc(-c2cnn(C)c2COC(=O)N(C)C2CCOC2)ccc1O[C@H]1CCC[C@H](C(=O)O)C1.Cc1nc(-c2onc(C)c2COC(=O)N(C)C2CCCC2)cnc1O[C@H]1CCC[C@H](C(=O)O)C1.Cc1nc(-c2onc(C)c2COC(=O)N(C)C2CCCC2)ncc1O[C@H]1CCC[C@H](C(=O)O)C1.Cc1noc(-c2ccc(O[C@H]3CCC[C@H](C(=O)O)C3)c(C#N)n2)c1COC(=O)N(C)C1CCCC1. The maximum atomic E-state index is 12.5. The van der Waals surface area contributed by atoms with Crippen LogP contribution < -0.4 is 18.9 Å². The second-order valence-corrected chi connectivity index (χ2v) is 36.8. The average molecular weight is 1900 g/mol. The second kappa shape index (κ2) is 47.6. The third-order valence-corrected chi connectivity index (χ3v) is 27.4. The fourth-order valence-corrected chi connectivity index (χ4v) is 18.9. The van der Waals surface area contributed by atoms with Gasteiger partial charge in [0.05, 0.1) is 130 Å². The van der Waals surface area contributed by atoms with Gasteiger partial charge in [-0.2, -0.15) is 10.4 Å².